The molecule has 0 fully saturated rings. The molecule has 0 aliphatic rings. The fraction of sp³-hybridized carbons (Fsp3) is 0.727. The number of nitrogens with zero attached hydrogens (tertiary/aromatic N) is 1. The minimum Gasteiger partial charge on any atom is -0.245 e. The maximum Gasteiger partial charge on any atom is 0.379 e. The van der Waals surface area contributed by atoms with Crippen LogP contribution in [0.25, 0.3) is 0 Å². The van der Waals surface area contributed by atoms with E-state index in [0.29, 0.717) is 0 Å². The van der Waals surface area contributed by atoms with Crippen LogP contribution < -0.4 is 4.57 Å². The van der Waals surface area contributed by atoms with Crippen molar-refractivity contribution in [2.75, 3.05) is 0 Å². The molecule has 1 rings (SSSR count). The van der Waals surface area contributed by atoms with Crippen molar-refractivity contribution >= 4 is 0 Å². The molecule has 5 heteroatoms. The molecule has 1 heterocycles. The monoisotopic (exact) mass is 237 g/mol. The Hall–Kier alpha value is -1.00. The summed E-state index contributed by atoms with van der Waals surface area (Å²) >= 11 is 0. The predicted molar refractivity (Wildman–Crippen MR) is 57.2 cm³/mol. The van der Waals surface area contributed by atoms with Crippen molar-refractivity contribution in [2.45, 2.75) is 53.8 Å². The Morgan fingerprint density at radius 1 is 1.19 bits per heavy atom. The molecular formula is C11H20F3N2+. The zero-order valence-electron chi connectivity index (χ0n) is 10.3. The molecule has 0 radical (unpaired) electrons. The molecule has 0 aliphatic heterocycles. The van der Waals surface area contributed by atoms with Gasteiger partial charge in [-0.25, -0.2) is 9.55 Å². The second-order valence-electron chi connectivity index (χ2n) is 3.67. The Bertz CT molecular complexity index is 306. The summed E-state index contributed by atoms with van der Waals surface area (Å²) in [5.74, 6) is 1.28. The molecule has 1 N–H and O–H groups in total. The standard InChI is InChI=1S/C10H18N2.CHF3/c1-5-6-7-12-9(3)8(2)11-10(12)4;2-1(3)4/h5-7H2,1-4H3;1H/p+1. The highest BCUT2D eigenvalue weighted by molar-refractivity contribution is 5.02. The van der Waals surface area contributed by atoms with Crippen molar-refractivity contribution in [3.8, 4) is 0 Å². The number of aromatic amines is 1. The van der Waals surface area contributed by atoms with Gasteiger partial charge in [0.2, 0.25) is 0 Å². The van der Waals surface area contributed by atoms with Gasteiger partial charge in [-0.15, -0.1) is 0 Å². The van der Waals surface area contributed by atoms with Crippen LogP contribution in [-0.4, -0.2) is 11.7 Å². The number of imidazole rings is 1. The Labute approximate surface area is 94.5 Å². The molecular weight excluding hydrogens is 217 g/mol. The van der Waals surface area contributed by atoms with Gasteiger partial charge in [0.25, 0.3) is 5.82 Å². The predicted octanol–water partition coefficient (Wildman–Crippen LogP) is 3.21. The van der Waals surface area contributed by atoms with Gasteiger partial charge >= 0.3 is 6.68 Å². The topological polar surface area (TPSA) is 19.7 Å². The third kappa shape index (κ3) is 5.19. The highest BCUT2D eigenvalue weighted by atomic mass is 19.4. The molecule has 16 heavy (non-hydrogen) atoms. The maximum absolute atomic E-state index is 9.67. The summed E-state index contributed by atoms with van der Waals surface area (Å²) in [5, 5.41) is 0. The number of hydrogen-bond acceptors (Lipinski definition) is 0. The highest BCUT2D eigenvalue weighted by Crippen LogP contribution is 2.00. The van der Waals surface area contributed by atoms with Crippen LogP contribution >= 0.6 is 0 Å². The molecule has 2 nitrogen and oxygen atoms in total. The van der Waals surface area contributed by atoms with Crippen LogP contribution in [0.4, 0.5) is 13.2 Å². The third-order valence-electron chi connectivity index (χ3n) is 2.46. The number of halogens is 3. The number of hydrogen-bond donors (Lipinski definition) is 1. The van der Waals surface area contributed by atoms with Gasteiger partial charge in [0, 0.05) is 20.8 Å². The van der Waals surface area contributed by atoms with E-state index in [1.54, 1.807) is 0 Å². The highest BCUT2D eigenvalue weighted by Gasteiger charge is 2.13. The molecule has 0 saturated carbocycles. The van der Waals surface area contributed by atoms with E-state index in [1.165, 1.54) is 30.1 Å². The number of alkyl halides is 3. The SMILES string of the molecule is CCCC[n+]1c(C)[nH]c(C)c1C.FC(F)F. The summed E-state index contributed by atoms with van der Waals surface area (Å²) in [7, 11) is 0. The maximum atomic E-state index is 9.67. The van der Waals surface area contributed by atoms with E-state index in [-0.39, 0.29) is 0 Å². The lowest BCUT2D eigenvalue weighted by atomic mass is 10.3. The molecule has 0 unspecified atom stereocenters. The Morgan fingerprint density at radius 2 is 1.69 bits per heavy atom. The van der Waals surface area contributed by atoms with Crippen molar-refractivity contribution in [1.29, 1.82) is 0 Å². The van der Waals surface area contributed by atoms with E-state index in [4.69, 9.17) is 0 Å². The number of aryl methyl sites for hydroxylation is 2. The van der Waals surface area contributed by atoms with Crippen molar-refractivity contribution in [3.05, 3.63) is 17.2 Å². The number of H-pyrrole nitrogens is 1. The van der Waals surface area contributed by atoms with Crippen LogP contribution in [0, 0.1) is 20.8 Å². The number of aromatic nitrogens is 2. The lowest BCUT2D eigenvalue weighted by Gasteiger charge is -1.98. The van der Waals surface area contributed by atoms with Crippen LogP contribution in [0.3, 0.4) is 0 Å². The average molecular weight is 237 g/mol. The first-order valence-corrected chi connectivity index (χ1v) is 5.38. The molecule has 0 saturated heterocycles. The van der Waals surface area contributed by atoms with Crippen LogP contribution in [0.5, 0.6) is 0 Å². The molecule has 1 aromatic heterocycles. The van der Waals surface area contributed by atoms with Gasteiger partial charge in [-0.2, -0.15) is 13.2 Å². The van der Waals surface area contributed by atoms with Crippen LogP contribution in [0.2, 0.25) is 0 Å². The zero-order chi connectivity index (χ0) is 12.7. The van der Waals surface area contributed by atoms with E-state index >= 15 is 0 Å². The summed E-state index contributed by atoms with van der Waals surface area (Å²) in [4.78, 5) is 3.35. The van der Waals surface area contributed by atoms with Crippen molar-refractivity contribution in [2.24, 2.45) is 0 Å². The van der Waals surface area contributed by atoms with Crippen molar-refractivity contribution in [3.63, 3.8) is 0 Å². The minimum absolute atomic E-state index is 1.15. The van der Waals surface area contributed by atoms with Gasteiger partial charge < -0.3 is 0 Å². The molecule has 0 atom stereocenters. The Balaban J connectivity index is 0.000000487. The summed E-state index contributed by atoms with van der Waals surface area (Å²) in [6.45, 7) is 6.15. The quantitative estimate of drug-likeness (QED) is 0.779. The number of nitrogens with one attached hydrogen (secondary N) is 1. The number of rotatable bonds is 3. The summed E-state index contributed by atoms with van der Waals surface area (Å²) in [6.07, 6.45) is 2.53. The molecule has 0 aliphatic carbocycles. The van der Waals surface area contributed by atoms with Crippen LogP contribution in [-0.2, 0) is 6.54 Å². The molecule has 0 aromatic carbocycles. The van der Waals surface area contributed by atoms with Gasteiger partial charge in [-0.05, 0) is 6.42 Å². The summed E-state index contributed by atoms with van der Waals surface area (Å²) in [5.41, 5.74) is 2.67. The largest absolute Gasteiger partial charge is 0.379 e. The smallest absolute Gasteiger partial charge is 0.245 e. The summed E-state index contributed by atoms with van der Waals surface area (Å²) < 4.78 is 31.4. The van der Waals surface area contributed by atoms with Crippen LogP contribution in [0.1, 0.15) is 37.0 Å². The lowest BCUT2D eigenvalue weighted by Crippen LogP contribution is -2.37. The first-order valence-electron chi connectivity index (χ1n) is 5.38. The molecule has 0 bridgehead atoms. The van der Waals surface area contributed by atoms with E-state index in [2.05, 4.69) is 37.2 Å². The van der Waals surface area contributed by atoms with E-state index in [0.717, 1.165) is 6.54 Å². The third-order valence-corrected chi connectivity index (χ3v) is 2.46. The van der Waals surface area contributed by atoms with Crippen molar-refractivity contribution < 1.29 is 17.7 Å². The Kier molecular flexibility index (Phi) is 6.85. The van der Waals surface area contributed by atoms with E-state index in [9.17, 15) is 13.2 Å². The second kappa shape index (κ2) is 7.30. The normalized spacial score (nSPS) is 10.2. The van der Waals surface area contributed by atoms with Gasteiger partial charge in [0.1, 0.15) is 11.4 Å². The Morgan fingerprint density at radius 3 is 2.00 bits per heavy atom. The minimum atomic E-state index is -3.67. The average Bonchev–Trinajstić information content (AvgIpc) is 2.38. The van der Waals surface area contributed by atoms with Crippen LogP contribution in [0.15, 0.2) is 0 Å². The summed E-state index contributed by atoms with van der Waals surface area (Å²) in [6, 6.07) is 0. The number of unbranched alkanes of at least 4 members (excludes halogenated alkanes) is 1. The van der Waals surface area contributed by atoms with E-state index in [1.807, 2.05) is 0 Å². The first kappa shape index (κ1) is 15.0. The molecule has 94 valence electrons. The van der Waals surface area contributed by atoms with E-state index < -0.39 is 6.68 Å². The zero-order valence-corrected chi connectivity index (χ0v) is 10.3. The van der Waals surface area contributed by atoms with Crippen molar-refractivity contribution in [1.82, 2.24) is 4.98 Å². The second-order valence-corrected chi connectivity index (χ2v) is 3.67. The molecule has 1 aromatic rings. The van der Waals surface area contributed by atoms with Gasteiger partial charge in [-0.1, -0.05) is 13.3 Å². The lowest BCUT2D eigenvalue weighted by molar-refractivity contribution is -0.707. The fourth-order valence-corrected chi connectivity index (χ4v) is 1.53. The van der Waals surface area contributed by atoms with Gasteiger partial charge in [0.05, 0.1) is 6.54 Å². The fourth-order valence-electron chi connectivity index (χ4n) is 1.53. The molecule has 0 amide bonds. The van der Waals surface area contributed by atoms with Gasteiger partial charge in [-0.3, -0.25) is 0 Å². The molecule has 0 spiro atoms. The first-order chi connectivity index (χ1) is 7.40. The van der Waals surface area contributed by atoms with Gasteiger partial charge in [0.15, 0.2) is 0 Å².